The van der Waals surface area contributed by atoms with Gasteiger partial charge in [-0.2, -0.15) is 0 Å². The molecule has 0 spiro atoms. The number of fused-ring (bicyclic) bond motifs is 1. The lowest BCUT2D eigenvalue weighted by Gasteiger charge is -2.14. The third-order valence-electron chi connectivity index (χ3n) is 5.21. The number of halogens is 1. The number of carboxylic acids is 1. The van der Waals surface area contributed by atoms with Gasteiger partial charge >= 0.3 is 5.97 Å². The maximum atomic E-state index is 12.8. The van der Waals surface area contributed by atoms with E-state index < -0.39 is 17.9 Å². The number of nitrogens with one attached hydrogen (secondary N) is 1. The number of aryl methyl sites for hydroxylation is 1. The summed E-state index contributed by atoms with van der Waals surface area (Å²) in [5.74, 6) is -1.54. The van der Waals surface area contributed by atoms with Crippen LogP contribution in [0.15, 0.2) is 77.2 Å². The van der Waals surface area contributed by atoms with Crippen LogP contribution in [0.3, 0.4) is 0 Å². The molecule has 0 radical (unpaired) electrons. The first-order valence-corrected chi connectivity index (χ1v) is 10.2. The van der Waals surface area contributed by atoms with Gasteiger partial charge in [0.1, 0.15) is 11.6 Å². The number of carbonyl (C=O) groups is 2. The Morgan fingerprint density at radius 2 is 1.68 bits per heavy atom. The van der Waals surface area contributed by atoms with Crippen LogP contribution < -0.4 is 5.32 Å². The predicted molar refractivity (Wildman–Crippen MR) is 120 cm³/mol. The fourth-order valence-corrected chi connectivity index (χ4v) is 3.66. The van der Waals surface area contributed by atoms with Crippen molar-refractivity contribution in [2.24, 2.45) is 0 Å². The van der Waals surface area contributed by atoms with E-state index in [9.17, 15) is 14.7 Å². The summed E-state index contributed by atoms with van der Waals surface area (Å²) in [6.07, 6.45) is 0.182. The first-order valence-electron chi connectivity index (χ1n) is 9.79. The Hall–Kier alpha value is -3.57. The highest BCUT2D eigenvalue weighted by Crippen LogP contribution is 2.30. The van der Waals surface area contributed by atoms with E-state index in [1.165, 1.54) is 0 Å². The Balaban J connectivity index is 1.60. The third-order valence-corrected chi connectivity index (χ3v) is 5.46. The first kappa shape index (κ1) is 20.7. The lowest BCUT2D eigenvalue weighted by molar-refractivity contribution is -0.139. The molecule has 31 heavy (non-hydrogen) atoms. The van der Waals surface area contributed by atoms with Gasteiger partial charge in [-0.15, -0.1) is 0 Å². The van der Waals surface area contributed by atoms with Crippen LogP contribution >= 0.6 is 11.6 Å². The van der Waals surface area contributed by atoms with Crippen molar-refractivity contribution in [3.05, 3.63) is 94.7 Å². The van der Waals surface area contributed by atoms with E-state index in [4.69, 9.17) is 16.0 Å². The van der Waals surface area contributed by atoms with Gasteiger partial charge in [-0.1, -0.05) is 66.2 Å². The summed E-state index contributed by atoms with van der Waals surface area (Å²) in [4.78, 5) is 24.5. The fraction of sp³-hybridized carbons (Fsp3) is 0.120. The lowest BCUT2D eigenvalue weighted by atomic mass is 10.0. The van der Waals surface area contributed by atoms with Gasteiger partial charge in [-0.05, 0) is 41.8 Å². The minimum atomic E-state index is -1.10. The van der Waals surface area contributed by atoms with Crippen molar-refractivity contribution in [3.8, 4) is 11.1 Å². The molecule has 2 N–H and O–H groups in total. The molecule has 1 aromatic heterocycles. The highest BCUT2D eigenvalue weighted by molar-refractivity contribution is 6.30. The number of carbonyl (C=O) groups excluding carboxylic acids is 1. The summed E-state index contributed by atoms with van der Waals surface area (Å²) in [6.45, 7) is 1.79. The van der Waals surface area contributed by atoms with Crippen molar-refractivity contribution in [1.29, 1.82) is 0 Å². The summed E-state index contributed by atoms with van der Waals surface area (Å²) >= 11 is 5.96. The molecule has 0 bridgehead atoms. The highest BCUT2D eigenvalue weighted by Gasteiger charge is 2.25. The molecule has 4 rings (SSSR count). The zero-order valence-electron chi connectivity index (χ0n) is 16.8. The van der Waals surface area contributed by atoms with Crippen LogP contribution in [0.25, 0.3) is 22.1 Å². The standard InChI is InChI=1S/C25H20ClNO4/c1-15-20-12-9-18(17-7-10-19(26)11-8-17)14-22(20)31-23(15)24(28)27-21(25(29)30)13-16-5-3-2-4-6-16/h2-12,14,21H,13H2,1H3,(H,27,28)(H,29,30). The molecule has 1 atom stereocenters. The van der Waals surface area contributed by atoms with Crippen LogP contribution in [-0.4, -0.2) is 23.0 Å². The van der Waals surface area contributed by atoms with Crippen LogP contribution in [0.1, 0.15) is 21.7 Å². The number of hydrogen-bond donors (Lipinski definition) is 2. The van der Waals surface area contributed by atoms with Gasteiger partial charge in [0.05, 0.1) is 0 Å². The smallest absolute Gasteiger partial charge is 0.326 e. The molecule has 156 valence electrons. The molecule has 0 aliphatic heterocycles. The van der Waals surface area contributed by atoms with Crippen LogP contribution in [0.4, 0.5) is 0 Å². The van der Waals surface area contributed by atoms with Gasteiger partial charge < -0.3 is 14.8 Å². The second-order valence-corrected chi connectivity index (χ2v) is 7.76. The zero-order chi connectivity index (χ0) is 22.0. The number of aliphatic carboxylic acids is 1. The molecule has 1 heterocycles. The molecule has 0 fully saturated rings. The molecule has 6 heteroatoms. The number of benzene rings is 3. The molecule has 0 aliphatic carbocycles. The fourth-order valence-electron chi connectivity index (χ4n) is 3.54. The van der Waals surface area contributed by atoms with Crippen molar-refractivity contribution in [1.82, 2.24) is 5.32 Å². The maximum absolute atomic E-state index is 12.8. The minimum Gasteiger partial charge on any atom is -0.480 e. The number of amides is 1. The SMILES string of the molecule is Cc1c(C(=O)NC(Cc2ccccc2)C(=O)O)oc2cc(-c3ccc(Cl)cc3)ccc12. The summed E-state index contributed by atoms with van der Waals surface area (Å²) < 4.78 is 5.85. The van der Waals surface area contributed by atoms with Crippen LogP contribution in [0, 0.1) is 6.92 Å². The predicted octanol–water partition coefficient (Wildman–Crippen LogP) is 5.49. The normalized spacial score (nSPS) is 11.9. The van der Waals surface area contributed by atoms with Gasteiger partial charge in [0, 0.05) is 22.4 Å². The van der Waals surface area contributed by atoms with Crippen LogP contribution in [0.2, 0.25) is 5.02 Å². The molecule has 1 unspecified atom stereocenters. The summed E-state index contributed by atoms with van der Waals surface area (Å²) in [6, 6.07) is 21.3. The molecule has 5 nitrogen and oxygen atoms in total. The average Bonchev–Trinajstić information content (AvgIpc) is 3.10. The van der Waals surface area contributed by atoms with Gasteiger partial charge in [0.15, 0.2) is 5.76 Å². The molecule has 4 aromatic rings. The molecule has 0 aliphatic rings. The monoisotopic (exact) mass is 433 g/mol. The van der Waals surface area contributed by atoms with Crippen LogP contribution in [0.5, 0.6) is 0 Å². The van der Waals surface area contributed by atoms with E-state index in [0.29, 0.717) is 16.2 Å². The maximum Gasteiger partial charge on any atom is 0.326 e. The number of furan rings is 1. The van der Waals surface area contributed by atoms with Crippen molar-refractivity contribution >= 4 is 34.4 Å². The van der Waals surface area contributed by atoms with E-state index in [2.05, 4.69) is 5.32 Å². The Labute approximate surface area is 184 Å². The van der Waals surface area contributed by atoms with E-state index >= 15 is 0 Å². The molecule has 0 saturated heterocycles. The van der Waals surface area contributed by atoms with E-state index in [1.54, 1.807) is 6.92 Å². The van der Waals surface area contributed by atoms with Gasteiger partial charge in [0.2, 0.25) is 0 Å². The van der Waals surface area contributed by atoms with E-state index in [1.807, 2.05) is 72.8 Å². The number of carboxylic acid groups (broad SMARTS) is 1. The molecular formula is C25H20ClNO4. The lowest BCUT2D eigenvalue weighted by Crippen LogP contribution is -2.42. The van der Waals surface area contributed by atoms with Crippen molar-refractivity contribution in [2.75, 3.05) is 0 Å². The first-order chi connectivity index (χ1) is 14.9. The minimum absolute atomic E-state index is 0.113. The quantitative estimate of drug-likeness (QED) is 0.421. The molecular weight excluding hydrogens is 414 g/mol. The number of rotatable bonds is 6. The highest BCUT2D eigenvalue weighted by atomic mass is 35.5. The molecule has 1 amide bonds. The Bertz CT molecular complexity index is 1250. The van der Waals surface area contributed by atoms with Gasteiger partial charge in [-0.3, -0.25) is 4.79 Å². The molecule has 0 saturated carbocycles. The number of hydrogen-bond acceptors (Lipinski definition) is 3. The average molecular weight is 434 g/mol. The summed E-state index contributed by atoms with van der Waals surface area (Å²) in [7, 11) is 0. The van der Waals surface area contributed by atoms with Gasteiger partial charge in [0.25, 0.3) is 5.91 Å². The van der Waals surface area contributed by atoms with E-state index in [0.717, 1.165) is 22.1 Å². The Morgan fingerprint density at radius 3 is 2.35 bits per heavy atom. The van der Waals surface area contributed by atoms with Crippen LogP contribution in [-0.2, 0) is 11.2 Å². The second-order valence-electron chi connectivity index (χ2n) is 7.33. The second kappa shape index (κ2) is 8.66. The Morgan fingerprint density at radius 1 is 1.00 bits per heavy atom. The third kappa shape index (κ3) is 4.47. The molecule has 3 aromatic carbocycles. The summed E-state index contributed by atoms with van der Waals surface area (Å²) in [5, 5.41) is 13.6. The van der Waals surface area contributed by atoms with Crippen molar-refractivity contribution in [2.45, 2.75) is 19.4 Å². The van der Waals surface area contributed by atoms with Crippen molar-refractivity contribution < 1.29 is 19.1 Å². The van der Waals surface area contributed by atoms with Crippen molar-refractivity contribution in [3.63, 3.8) is 0 Å². The van der Waals surface area contributed by atoms with E-state index in [-0.39, 0.29) is 12.2 Å². The Kier molecular flexibility index (Phi) is 5.78. The summed E-state index contributed by atoms with van der Waals surface area (Å²) in [5.41, 5.74) is 3.95. The topological polar surface area (TPSA) is 79.5 Å². The van der Waals surface area contributed by atoms with Gasteiger partial charge in [-0.25, -0.2) is 4.79 Å². The largest absolute Gasteiger partial charge is 0.480 e. The zero-order valence-corrected chi connectivity index (χ0v) is 17.5.